The molecule has 0 unspecified atom stereocenters. The van der Waals surface area contributed by atoms with Gasteiger partial charge in [0.1, 0.15) is 0 Å². The zero-order valence-corrected chi connectivity index (χ0v) is 11.7. The van der Waals surface area contributed by atoms with E-state index >= 15 is 0 Å². The van der Waals surface area contributed by atoms with E-state index in [1.165, 1.54) is 12.8 Å². The van der Waals surface area contributed by atoms with Crippen LogP contribution in [0.25, 0.3) is 0 Å². The third-order valence-electron chi connectivity index (χ3n) is 3.61. The van der Waals surface area contributed by atoms with Gasteiger partial charge in [0.05, 0.1) is 0 Å². The van der Waals surface area contributed by atoms with Crippen LogP contribution in [0.15, 0.2) is 0 Å². The van der Waals surface area contributed by atoms with Gasteiger partial charge in [-0.1, -0.05) is 13.8 Å². The normalized spacial score (nSPS) is 17.6. The molecule has 0 bridgehead atoms. The predicted molar refractivity (Wildman–Crippen MR) is 71.2 cm³/mol. The summed E-state index contributed by atoms with van der Waals surface area (Å²) in [6, 6.07) is 1.37. The van der Waals surface area contributed by atoms with Gasteiger partial charge in [0.2, 0.25) is 0 Å². The molecule has 0 radical (unpaired) electrons. The number of carbonyl (C=O) groups is 1. The summed E-state index contributed by atoms with van der Waals surface area (Å²) in [4.78, 5) is 15.4. The first-order chi connectivity index (χ1) is 8.08. The van der Waals surface area contributed by atoms with Crippen molar-refractivity contribution in [3.63, 3.8) is 0 Å². The molecule has 100 valence electrons. The van der Waals surface area contributed by atoms with E-state index in [0.717, 1.165) is 25.9 Å². The Labute approximate surface area is 105 Å². The van der Waals surface area contributed by atoms with Crippen LogP contribution in [0, 0.1) is 0 Å². The Kier molecular flexibility index (Phi) is 5.75. The summed E-state index contributed by atoms with van der Waals surface area (Å²) in [5, 5.41) is 3.69. The van der Waals surface area contributed by atoms with Gasteiger partial charge >= 0.3 is 6.03 Å². The number of piperidine rings is 1. The molecule has 0 spiro atoms. The minimum atomic E-state index is 0.144. The van der Waals surface area contributed by atoms with Crippen molar-refractivity contribution in [1.82, 2.24) is 15.1 Å². The van der Waals surface area contributed by atoms with E-state index in [1.807, 2.05) is 19.0 Å². The van der Waals surface area contributed by atoms with Gasteiger partial charge in [0, 0.05) is 39.3 Å². The molecular weight excluding hydrogens is 214 g/mol. The van der Waals surface area contributed by atoms with Crippen molar-refractivity contribution in [2.24, 2.45) is 0 Å². The Morgan fingerprint density at radius 3 is 2.24 bits per heavy atom. The van der Waals surface area contributed by atoms with Crippen LogP contribution in [0.2, 0.25) is 0 Å². The fraction of sp³-hybridized carbons (Fsp3) is 0.923. The molecule has 0 aliphatic carbocycles. The molecule has 0 saturated carbocycles. The predicted octanol–water partition coefficient (Wildman–Crippen LogP) is 1.91. The van der Waals surface area contributed by atoms with E-state index in [-0.39, 0.29) is 6.03 Å². The zero-order chi connectivity index (χ0) is 12.8. The van der Waals surface area contributed by atoms with Crippen molar-refractivity contribution >= 4 is 6.03 Å². The summed E-state index contributed by atoms with van der Waals surface area (Å²) in [5.41, 5.74) is 0. The fourth-order valence-corrected chi connectivity index (χ4v) is 2.38. The van der Waals surface area contributed by atoms with Crippen LogP contribution in [0.5, 0.6) is 0 Å². The molecule has 4 nitrogen and oxygen atoms in total. The summed E-state index contributed by atoms with van der Waals surface area (Å²) < 4.78 is 0. The van der Waals surface area contributed by atoms with Crippen molar-refractivity contribution in [1.29, 1.82) is 0 Å². The van der Waals surface area contributed by atoms with Gasteiger partial charge in [0.25, 0.3) is 0 Å². The number of rotatable bonds is 4. The molecule has 0 aromatic carbocycles. The summed E-state index contributed by atoms with van der Waals surface area (Å²) in [6.07, 6.45) is 4.53. The number of hydrogen-bond donors (Lipinski definition) is 1. The summed E-state index contributed by atoms with van der Waals surface area (Å²) in [6.45, 7) is 6.22. The highest BCUT2D eigenvalue weighted by Crippen LogP contribution is 2.13. The van der Waals surface area contributed by atoms with Crippen LogP contribution in [-0.2, 0) is 0 Å². The highest BCUT2D eigenvalue weighted by molar-refractivity contribution is 5.73. The summed E-state index contributed by atoms with van der Waals surface area (Å²) in [7, 11) is 3.63. The minimum Gasteiger partial charge on any atom is -0.331 e. The third-order valence-corrected chi connectivity index (χ3v) is 3.61. The molecule has 0 atom stereocenters. The molecule has 2 amide bonds. The molecule has 1 fully saturated rings. The maximum Gasteiger partial charge on any atom is 0.319 e. The number of nitrogens with zero attached hydrogens (tertiary/aromatic N) is 2. The van der Waals surface area contributed by atoms with Crippen molar-refractivity contribution in [3.8, 4) is 0 Å². The quantitative estimate of drug-likeness (QED) is 0.816. The SMILES string of the molecule is CCC(CC)NC1CCN(C(=O)N(C)C)CC1. The van der Waals surface area contributed by atoms with Gasteiger partial charge in [-0.05, 0) is 25.7 Å². The lowest BCUT2D eigenvalue weighted by Gasteiger charge is -2.35. The first-order valence-corrected chi connectivity index (χ1v) is 6.80. The van der Waals surface area contributed by atoms with Crippen molar-refractivity contribution in [2.45, 2.75) is 51.6 Å². The second-order valence-corrected chi connectivity index (χ2v) is 5.12. The maximum absolute atomic E-state index is 11.8. The Hall–Kier alpha value is -0.770. The molecule has 1 heterocycles. The Morgan fingerprint density at radius 2 is 1.82 bits per heavy atom. The number of amides is 2. The van der Waals surface area contributed by atoms with Gasteiger partial charge in [-0.2, -0.15) is 0 Å². The number of nitrogens with one attached hydrogen (secondary N) is 1. The summed E-state index contributed by atoms with van der Waals surface area (Å²) >= 11 is 0. The lowest BCUT2D eigenvalue weighted by molar-refractivity contribution is 0.150. The van der Waals surface area contributed by atoms with E-state index < -0.39 is 0 Å². The molecule has 1 rings (SSSR count). The number of urea groups is 1. The average Bonchev–Trinajstić information content (AvgIpc) is 2.35. The molecule has 1 saturated heterocycles. The van der Waals surface area contributed by atoms with Crippen LogP contribution in [0.4, 0.5) is 4.79 Å². The van der Waals surface area contributed by atoms with E-state index in [2.05, 4.69) is 19.2 Å². The number of hydrogen-bond acceptors (Lipinski definition) is 2. The Balaban J connectivity index is 2.33. The standard InChI is InChI=1S/C13H27N3O/c1-5-11(6-2)14-12-7-9-16(10-8-12)13(17)15(3)4/h11-12,14H,5-10H2,1-4H3. The van der Waals surface area contributed by atoms with E-state index in [0.29, 0.717) is 12.1 Å². The van der Waals surface area contributed by atoms with Crippen LogP contribution in [-0.4, -0.2) is 55.1 Å². The average molecular weight is 241 g/mol. The highest BCUT2D eigenvalue weighted by atomic mass is 16.2. The van der Waals surface area contributed by atoms with Crippen LogP contribution in [0.3, 0.4) is 0 Å². The molecule has 0 aromatic heterocycles. The fourth-order valence-electron chi connectivity index (χ4n) is 2.38. The van der Waals surface area contributed by atoms with Gasteiger partial charge in [-0.15, -0.1) is 0 Å². The summed E-state index contributed by atoms with van der Waals surface area (Å²) in [5.74, 6) is 0. The monoisotopic (exact) mass is 241 g/mol. The molecule has 17 heavy (non-hydrogen) atoms. The van der Waals surface area contributed by atoms with E-state index in [1.54, 1.807) is 4.90 Å². The molecule has 1 aliphatic rings. The Morgan fingerprint density at radius 1 is 1.29 bits per heavy atom. The van der Waals surface area contributed by atoms with Crippen molar-refractivity contribution < 1.29 is 4.79 Å². The second-order valence-electron chi connectivity index (χ2n) is 5.12. The Bertz CT molecular complexity index is 231. The largest absolute Gasteiger partial charge is 0.331 e. The third kappa shape index (κ3) is 4.19. The number of likely N-dealkylation sites (tertiary alicyclic amines) is 1. The van der Waals surface area contributed by atoms with E-state index in [9.17, 15) is 4.79 Å². The zero-order valence-electron chi connectivity index (χ0n) is 11.7. The number of carbonyl (C=O) groups excluding carboxylic acids is 1. The first kappa shape index (κ1) is 14.3. The molecule has 1 N–H and O–H groups in total. The second kappa shape index (κ2) is 6.84. The van der Waals surface area contributed by atoms with Crippen LogP contribution >= 0.6 is 0 Å². The highest BCUT2D eigenvalue weighted by Gasteiger charge is 2.24. The molecule has 1 aliphatic heterocycles. The van der Waals surface area contributed by atoms with Crippen molar-refractivity contribution in [2.75, 3.05) is 27.2 Å². The molecular formula is C13H27N3O. The minimum absolute atomic E-state index is 0.144. The van der Waals surface area contributed by atoms with Gasteiger partial charge in [0.15, 0.2) is 0 Å². The van der Waals surface area contributed by atoms with Crippen molar-refractivity contribution in [3.05, 3.63) is 0 Å². The lowest BCUT2D eigenvalue weighted by atomic mass is 10.0. The van der Waals surface area contributed by atoms with Crippen LogP contribution < -0.4 is 5.32 Å². The lowest BCUT2D eigenvalue weighted by Crippen LogP contribution is -2.49. The maximum atomic E-state index is 11.8. The van der Waals surface area contributed by atoms with Gasteiger partial charge in [-0.3, -0.25) is 0 Å². The van der Waals surface area contributed by atoms with Crippen LogP contribution in [0.1, 0.15) is 39.5 Å². The molecule has 0 aromatic rings. The van der Waals surface area contributed by atoms with E-state index in [4.69, 9.17) is 0 Å². The smallest absolute Gasteiger partial charge is 0.319 e. The molecule has 4 heteroatoms. The van der Waals surface area contributed by atoms with Gasteiger partial charge in [-0.25, -0.2) is 4.79 Å². The first-order valence-electron chi connectivity index (χ1n) is 6.80. The van der Waals surface area contributed by atoms with Gasteiger partial charge < -0.3 is 15.1 Å². The topological polar surface area (TPSA) is 35.6 Å².